The van der Waals surface area contributed by atoms with Gasteiger partial charge < -0.3 is 0 Å². The Balaban J connectivity index is 1.50. The fourth-order valence-corrected chi connectivity index (χ4v) is 9.43. The molecule has 4 saturated carbocycles. The van der Waals surface area contributed by atoms with Crippen molar-refractivity contribution < 1.29 is 0 Å². The lowest BCUT2D eigenvalue weighted by molar-refractivity contribution is 0.437. The van der Waals surface area contributed by atoms with Gasteiger partial charge in [-0.3, -0.25) is 0 Å². The largest absolute Gasteiger partial charge is 0.207 e. The quantitative estimate of drug-likeness (QED) is 0.341. The molecule has 0 saturated heterocycles. The Morgan fingerprint density at radius 1 is 0.395 bits per heavy atom. The van der Waals surface area contributed by atoms with Crippen LogP contribution >= 0.6 is 0 Å². The Labute approximate surface area is 234 Å². The predicted molar refractivity (Wildman–Crippen MR) is 167 cm³/mol. The van der Waals surface area contributed by atoms with E-state index < -0.39 is 0 Å². The molecule has 0 amide bonds. The van der Waals surface area contributed by atoms with Crippen LogP contribution in [0.1, 0.15) is 174 Å². The average Bonchev–Trinajstić information content (AvgIpc) is 3.01. The zero-order valence-electron chi connectivity index (χ0n) is 24.5. The fraction of sp³-hybridized carbons (Fsp3) is 0.676. The van der Waals surface area contributed by atoms with Crippen LogP contribution in [0, 0.1) is 0 Å². The monoisotopic (exact) mass is 508 g/mol. The molecule has 4 aliphatic rings. The van der Waals surface area contributed by atoms with E-state index >= 15 is 0 Å². The zero-order valence-corrected chi connectivity index (χ0v) is 24.5. The van der Waals surface area contributed by atoms with Crippen molar-refractivity contribution in [1.82, 2.24) is 0 Å². The van der Waals surface area contributed by atoms with Crippen molar-refractivity contribution in [3.05, 3.63) is 58.7 Å². The summed E-state index contributed by atoms with van der Waals surface area (Å²) in [5.41, 5.74) is 10.6. The van der Waals surface area contributed by atoms with E-state index in [1.807, 2.05) is 0 Å². The van der Waals surface area contributed by atoms with Gasteiger partial charge in [-0.2, -0.15) is 0 Å². The van der Waals surface area contributed by atoms with E-state index in [9.17, 15) is 0 Å². The Bertz CT molecular complexity index is 873. The lowest BCUT2D eigenvalue weighted by Crippen LogP contribution is -2.48. The van der Waals surface area contributed by atoms with Gasteiger partial charge in [0.15, 0.2) is 0 Å². The second kappa shape index (κ2) is 12.8. The summed E-state index contributed by atoms with van der Waals surface area (Å²) in [6.07, 6.45) is 28.5. The van der Waals surface area contributed by atoms with Gasteiger partial charge >= 0.3 is 0 Å². The van der Waals surface area contributed by atoms with E-state index in [0.29, 0.717) is 6.71 Å². The molecule has 0 heterocycles. The first-order valence-electron chi connectivity index (χ1n) is 17.1. The number of hydrogen-bond donors (Lipinski definition) is 0. The maximum atomic E-state index is 2.65. The highest BCUT2D eigenvalue weighted by Crippen LogP contribution is 2.39. The maximum absolute atomic E-state index is 2.65. The van der Waals surface area contributed by atoms with Crippen LogP contribution in [0.25, 0.3) is 0 Å². The third-order valence-electron chi connectivity index (χ3n) is 11.4. The SMILES string of the molecule is CB(c1c(C2CCCCC2)cccc1C1CCCCC1)c1c(C2CCCCC2)cccc1C1CCCCC1. The van der Waals surface area contributed by atoms with Crippen molar-refractivity contribution in [2.24, 2.45) is 0 Å². The summed E-state index contributed by atoms with van der Waals surface area (Å²) in [5.74, 6) is 3.13. The molecule has 0 bridgehead atoms. The average molecular weight is 509 g/mol. The van der Waals surface area contributed by atoms with Gasteiger partial charge in [0.25, 0.3) is 0 Å². The highest BCUT2D eigenvalue weighted by molar-refractivity contribution is 6.85. The molecule has 0 aliphatic heterocycles. The van der Waals surface area contributed by atoms with E-state index in [-0.39, 0.29) is 0 Å². The maximum Gasteiger partial charge on any atom is 0.207 e. The summed E-state index contributed by atoms with van der Waals surface area (Å²) in [6.45, 7) is 3.18. The molecule has 2 aromatic rings. The van der Waals surface area contributed by atoms with Crippen molar-refractivity contribution in [3.63, 3.8) is 0 Å². The number of rotatable bonds is 6. The summed E-state index contributed by atoms with van der Waals surface area (Å²) < 4.78 is 0. The van der Waals surface area contributed by atoms with Gasteiger partial charge in [-0.1, -0.05) is 131 Å². The van der Waals surface area contributed by atoms with Gasteiger partial charge in [-0.25, -0.2) is 0 Å². The van der Waals surface area contributed by atoms with E-state index in [4.69, 9.17) is 0 Å². The van der Waals surface area contributed by atoms with E-state index in [0.717, 1.165) is 23.7 Å². The molecule has 1 heteroatoms. The molecule has 38 heavy (non-hydrogen) atoms. The summed E-state index contributed by atoms with van der Waals surface area (Å²) in [4.78, 5) is 0. The highest BCUT2D eigenvalue weighted by atomic mass is 14.3. The molecule has 2 aromatic carbocycles. The van der Waals surface area contributed by atoms with Crippen molar-refractivity contribution >= 4 is 17.6 Å². The minimum Gasteiger partial charge on any atom is -0.0774 e. The molecule has 0 atom stereocenters. The van der Waals surface area contributed by atoms with Crippen LogP contribution in [0.2, 0.25) is 6.82 Å². The van der Waals surface area contributed by atoms with Crippen LogP contribution in [0.3, 0.4) is 0 Å². The van der Waals surface area contributed by atoms with E-state index in [2.05, 4.69) is 43.2 Å². The minimum atomic E-state index is 0.528. The van der Waals surface area contributed by atoms with Crippen LogP contribution in [0.4, 0.5) is 0 Å². The van der Waals surface area contributed by atoms with Gasteiger partial charge in [0.2, 0.25) is 6.71 Å². The molecule has 204 valence electrons. The third kappa shape index (κ3) is 5.69. The standard InChI is InChI=1S/C37H53B/c1-38(36-32(28-16-6-2-7-17-28)24-14-25-33(36)29-18-8-3-9-19-29)37-34(30-20-10-4-11-21-30)26-15-27-35(37)31-22-12-5-13-23-31/h14-15,24-31H,2-13,16-23H2,1H3. The number of benzene rings is 2. The summed E-state index contributed by atoms with van der Waals surface area (Å²) in [5, 5.41) is 0. The Hall–Kier alpha value is -1.50. The third-order valence-corrected chi connectivity index (χ3v) is 11.4. The normalized spacial score (nSPS) is 23.0. The van der Waals surface area contributed by atoms with Crippen LogP contribution in [-0.4, -0.2) is 6.71 Å². The lowest BCUT2D eigenvalue weighted by atomic mass is 9.37. The van der Waals surface area contributed by atoms with Crippen molar-refractivity contribution in [1.29, 1.82) is 0 Å². The lowest BCUT2D eigenvalue weighted by Gasteiger charge is -2.35. The number of hydrogen-bond acceptors (Lipinski definition) is 0. The molecular formula is C37H53B. The fourth-order valence-electron chi connectivity index (χ4n) is 9.43. The summed E-state index contributed by atoms with van der Waals surface area (Å²) >= 11 is 0. The Morgan fingerprint density at radius 2 is 0.632 bits per heavy atom. The first kappa shape index (κ1) is 26.7. The molecule has 4 aliphatic carbocycles. The van der Waals surface area contributed by atoms with Crippen molar-refractivity contribution in [2.75, 3.05) is 0 Å². The highest BCUT2D eigenvalue weighted by Gasteiger charge is 2.34. The zero-order chi connectivity index (χ0) is 25.7. The summed E-state index contributed by atoms with van der Waals surface area (Å²) in [6, 6.07) is 15.2. The first-order chi connectivity index (χ1) is 18.8. The molecule has 0 unspecified atom stereocenters. The van der Waals surface area contributed by atoms with Gasteiger partial charge in [-0.15, -0.1) is 0 Å². The van der Waals surface area contributed by atoms with Gasteiger partial charge in [0.1, 0.15) is 0 Å². The first-order valence-corrected chi connectivity index (χ1v) is 17.1. The van der Waals surface area contributed by atoms with Crippen molar-refractivity contribution in [3.8, 4) is 0 Å². The molecular weight excluding hydrogens is 455 g/mol. The smallest absolute Gasteiger partial charge is 0.0774 e. The van der Waals surface area contributed by atoms with E-state index in [1.54, 1.807) is 33.2 Å². The predicted octanol–water partition coefficient (Wildman–Crippen LogP) is 10.1. The van der Waals surface area contributed by atoms with Gasteiger partial charge in [0.05, 0.1) is 0 Å². The van der Waals surface area contributed by atoms with E-state index in [1.165, 1.54) is 128 Å². The molecule has 4 fully saturated rings. The van der Waals surface area contributed by atoms with Crippen LogP contribution in [0.5, 0.6) is 0 Å². The molecule has 0 aromatic heterocycles. The second-order valence-electron chi connectivity index (χ2n) is 13.8. The van der Waals surface area contributed by atoms with Crippen LogP contribution < -0.4 is 10.9 Å². The Morgan fingerprint density at radius 3 is 0.868 bits per heavy atom. The second-order valence-corrected chi connectivity index (χ2v) is 13.8. The topological polar surface area (TPSA) is 0 Å². The molecule has 0 radical (unpaired) electrons. The van der Waals surface area contributed by atoms with Crippen LogP contribution in [0.15, 0.2) is 36.4 Å². The summed E-state index contributed by atoms with van der Waals surface area (Å²) in [7, 11) is 0. The Kier molecular flexibility index (Phi) is 8.99. The van der Waals surface area contributed by atoms with Gasteiger partial charge in [-0.05, 0) is 97.3 Å². The van der Waals surface area contributed by atoms with Crippen molar-refractivity contribution in [2.45, 2.75) is 159 Å². The van der Waals surface area contributed by atoms with Gasteiger partial charge in [0, 0.05) is 0 Å². The molecule has 0 spiro atoms. The molecule has 6 rings (SSSR count). The molecule has 0 N–H and O–H groups in total. The molecule has 0 nitrogen and oxygen atoms in total. The minimum absolute atomic E-state index is 0.528. The van der Waals surface area contributed by atoms with Crippen LogP contribution in [-0.2, 0) is 0 Å².